The maximum atomic E-state index is 12.9. The Balaban J connectivity index is 1.45. The largest absolute Gasteiger partial charge is 0.480 e. The van der Waals surface area contributed by atoms with Gasteiger partial charge in [-0.05, 0) is 63.3 Å². The molecular formula is C25H33N5O6S. The normalized spacial score (nSPS) is 16.0. The molecule has 1 aromatic heterocycles. The van der Waals surface area contributed by atoms with Crippen LogP contribution in [-0.4, -0.2) is 61.3 Å². The number of carbonyl (C=O) groups excluding carboxylic acids is 1. The number of carbonyl (C=O) groups is 2. The molecule has 0 saturated heterocycles. The number of hydrogen-bond acceptors (Lipinski definition) is 8. The molecule has 11 nitrogen and oxygen atoms in total. The monoisotopic (exact) mass is 531 g/mol. The van der Waals surface area contributed by atoms with Crippen molar-refractivity contribution < 1.29 is 28.0 Å². The van der Waals surface area contributed by atoms with Crippen LogP contribution in [0.2, 0.25) is 0 Å². The summed E-state index contributed by atoms with van der Waals surface area (Å²) in [5, 5.41) is 19.1. The number of oxime groups is 1. The van der Waals surface area contributed by atoms with Gasteiger partial charge in [-0.3, -0.25) is 9.59 Å². The van der Waals surface area contributed by atoms with Gasteiger partial charge in [0.1, 0.15) is 23.7 Å². The molecule has 1 aromatic carbocycles. The van der Waals surface area contributed by atoms with Crippen LogP contribution >= 0.6 is 0 Å². The Morgan fingerprint density at radius 2 is 1.89 bits per heavy atom. The zero-order valence-corrected chi connectivity index (χ0v) is 22.0. The van der Waals surface area contributed by atoms with E-state index in [1.807, 2.05) is 25.1 Å². The lowest BCUT2D eigenvalue weighted by Crippen LogP contribution is -2.49. The van der Waals surface area contributed by atoms with Crippen LogP contribution in [0.3, 0.4) is 0 Å². The molecule has 4 N–H and O–H groups in total. The summed E-state index contributed by atoms with van der Waals surface area (Å²) in [7, 11) is -4.14. The molecule has 1 aliphatic rings. The number of carboxylic acid groups (broad SMARTS) is 1. The fourth-order valence-electron chi connectivity index (χ4n) is 4.21. The average Bonchev–Trinajstić information content (AvgIpc) is 3.30. The predicted molar refractivity (Wildman–Crippen MR) is 139 cm³/mol. The molecule has 3 rings (SSSR count). The second kappa shape index (κ2) is 12.6. The van der Waals surface area contributed by atoms with Gasteiger partial charge >= 0.3 is 5.97 Å². The molecule has 200 valence electrons. The zero-order chi connectivity index (χ0) is 27.0. The quantitative estimate of drug-likeness (QED) is 0.287. The number of nitrogens with zero attached hydrogens (tertiary/aromatic N) is 2. The maximum absolute atomic E-state index is 12.9. The van der Waals surface area contributed by atoms with Crippen LogP contribution in [0, 0.1) is 20.8 Å². The van der Waals surface area contributed by atoms with Crippen molar-refractivity contribution in [1.82, 2.24) is 15.0 Å². The topological polar surface area (TPSA) is 159 Å². The number of unbranched alkanes of at least 4 members (excludes halogenated alkanes) is 1. The number of hydrogen-bond donors (Lipinski definition) is 4. The number of aliphatic carboxylic acids is 1. The minimum Gasteiger partial charge on any atom is -0.480 e. The first kappa shape index (κ1) is 28.1. The number of aromatic nitrogens is 1. The molecule has 0 fully saturated rings. The van der Waals surface area contributed by atoms with Gasteiger partial charge in [0.05, 0.1) is 4.90 Å². The second-order valence-corrected chi connectivity index (χ2v) is 10.7. The van der Waals surface area contributed by atoms with Gasteiger partial charge in [0.15, 0.2) is 0 Å². The van der Waals surface area contributed by atoms with Crippen molar-refractivity contribution in [2.45, 2.75) is 63.5 Å². The molecular weight excluding hydrogens is 498 g/mol. The number of aryl methyl sites for hydroxylation is 3. The zero-order valence-electron chi connectivity index (χ0n) is 21.2. The highest BCUT2D eigenvalue weighted by Gasteiger charge is 2.30. The summed E-state index contributed by atoms with van der Waals surface area (Å²) in [6, 6.07) is 7.52. The third kappa shape index (κ3) is 7.99. The second-order valence-electron chi connectivity index (χ2n) is 9.06. The van der Waals surface area contributed by atoms with Crippen LogP contribution < -0.4 is 15.4 Å². The number of sulfonamides is 1. The van der Waals surface area contributed by atoms with Crippen LogP contribution in [0.5, 0.6) is 0 Å². The van der Waals surface area contributed by atoms with Crippen LogP contribution in [0.1, 0.15) is 42.4 Å². The van der Waals surface area contributed by atoms with Crippen molar-refractivity contribution in [3.05, 3.63) is 53.2 Å². The Morgan fingerprint density at radius 1 is 1.16 bits per heavy atom. The average molecular weight is 532 g/mol. The maximum Gasteiger partial charge on any atom is 0.323 e. The number of nitrogens with one attached hydrogen (secondary N) is 3. The van der Waals surface area contributed by atoms with E-state index in [4.69, 9.17) is 4.84 Å². The van der Waals surface area contributed by atoms with E-state index in [9.17, 15) is 23.1 Å². The molecule has 1 amide bonds. The van der Waals surface area contributed by atoms with Gasteiger partial charge in [-0.25, -0.2) is 13.4 Å². The summed E-state index contributed by atoms with van der Waals surface area (Å²) in [6.07, 6.45) is 4.23. The van der Waals surface area contributed by atoms with Gasteiger partial charge < -0.3 is 20.6 Å². The molecule has 0 bridgehead atoms. The molecule has 1 unspecified atom stereocenters. The van der Waals surface area contributed by atoms with Gasteiger partial charge in [-0.2, -0.15) is 4.72 Å². The highest BCUT2D eigenvalue weighted by Crippen LogP contribution is 2.22. The van der Waals surface area contributed by atoms with E-state index < -0.39 is 34.5 Å². The van der Waals surface area contributed by atoms with Crippen LogP contribution in [-0.2, 0) is 24.4 Å². The molecule has 2 atom stereocenters. The SMILES string of the molecule is Cc1cc(C)c(S(=O)(=O)N[C@@H](CNC(=O)C2=NOC(CCCCNc3ccccn3)C2)C(=O)O)c(C)c1. The highest BCUT2D eigenvalue weighted by molar-refractivity contribution is 7.89. The Bertz CT molecular complexity index is 1230. The third-order valence-corrected chi connectivity index (χ3v) is 7.63. The van der Waals surface area contributed by atoms with Gasteiger partial charge in [0.25, 0.3) is 5.91 Å². The summed E-state index contributed by atoms with van der Waals surface area (Å²) >= 11 is 0. The summed E-state index contributed by atoms with van der Waals surface area (Å²) in [4.78, 5) is 33.8. The van der Waals surface area contributed by atoms with E-state index >= 15 is 0 Å². The van der Waals surface area contributed by atoms with E-state index in [2.05, 4.69) is 25.5 Å². The lowest BCUT2D eigenvalue weighted by Gasteiger charge is -2.18. The van der Waals surface area contributed by atoms with Gasteiger partial charge in [-0.15, -0.1) is 0 Å². The summed E-state index contributed by atoms with van der Waals surface area (Å²) in [5.74, 6) is -1.19. The summed E-state index contributed by atoms with van der Waals surface area (Å²) in [5.41, 5.74) is 2.06. The number of benzene rings is 1. The molecule has 0 saturated carbocycles. The van der Waals surface area contributed by atoms with E-state index in [0.717, 1.165) is 30.8 Å². The van der Waals surface area contributed by atoms with Gasteiger partial charge in [0, 0.05) is 25.7 Å². The highest BCUT2D eigenvalue weighted by atomic mass is 32.2. The van der Waals surface area contributed by atoms with Crippen molar-refractivity contribution in [2.75, 3.05) is 18.4 Å². The number of pyridine rings is 1. The van der Waals surface area contributed by atoms with Crippen LogP contribution in [0.25, 0.3) is 0 Å². The van der Waals surface area contributed by atoms with Crippen molar-refractivity contribution in [1.29, 1.82) is 0 Å². The van der Waals surface area contributed by atoms with Crippen molar-refractivity contribution >= 4 is 33.4 Å². The molecule has 0 aliphatic carbocycles. The standard InChI is InChI=1S/C25H33N5O6S/c1-16-12-17(2)23(18(3)13-16)37(34,35)30-21(25(32)33)15-28-24(31)20-14-19(36-29-20)8-4-6-10-26-22-9-5-7-11-27-22/h5,7,9,11-13,19,21,30H,4,6,8,10,14-15H2,1-3H3,(H,26,27)(H,28,31)(H,32,33)/t19?,21-/m0/s1. The fraction of sp³-hybridized carbons (Fsp3) is 0.440. The van der Waals surface area contributed by atoms with Crippen LogP contribution in [0.15, 0.2) is 46.6 Å². The summed E-state index contributed by atoms with van der Waals surface area (Å²) < 4.78 is 28.1. The smallest absolute Gasteiger partial charge is 0.323 e. The van der Waals surface area contributed by atoms with E-state index in [-0.39, 0.29) is 16.7 Å². The van der Waals surface area contributed by atoms with Gasteiger partial charge in [0.2, 0.25) is 10.0 Å². The van der Waals surface area contributed by atoms with E-state index in [0.29, 0.717) is 24.0 Å². The molecule has 1 aliphatic heterocycles. The molecule has 2 aromatic rings. The first-order chi connectivity index (χ1) is 17.6. The third-order valence-electron chi connectivity index (χ3n) is 5.85. The Hall–Kier alpha value is -3.51. The molecule has 0 radical (unpaired) electrons. The molecule has 0 spiro atoms. The number of rotatable bonds is 13. The first-order valence-electron chi connectivity index (χ1n) is 12.1. The molecule has 2 heterocycles. The molecule has 37 heavy (non-hydrogen) atoms. The Kier molecular flexibility index (Phi) is 9.59. The number of amides is 1. The number of anilines is 1. The Labute approximate surface area is 216 Å². The minimum absolute atomic E-state index is 0.0299. The fourth-order valence-corrected chi connectivity index (χ4v) is 5.85. The van der Waals surface area contributed by atoms with Crippen molar-refractivity contribution in [3.63, 3.8) is 0 Å². The molecule has 12 heteroatoms. The van der Waals surface area contributed by atoms with Crippen LogP contribution in [0.4, 0.5) is 5.82 Å². The Morgan fingerprint density at radius 3 is 2.54 bits per heavy atom. The van der Waals surface area contributed by atoms with Crippen molar-refractivity contribution in [3.8, 4) is 0 Å². The van der Waals surface area contributed by atoms with Crippen molar-refractivity contribution in [2.24, 2.45) is 5.16 Å². The van der Waals surface area contributed by atoms with E-state index in [1.54, 1.807) is 32.2 Å². The first-order valence-corrected chi connectivity index (χ1v) is 13.5. The number of carboxylic acids is 1. The lowest BCUT2D eigenvalue weighted by molar-refractivity contribution is -0.138. The van der Waals surface area contributed by atoms with Gasteiger partial charge in [-0.1, -0.05) is 28.9 Å². The van der Waals surface area contributed by atoms with E-state index in [1.165, 1.54) is 0 Å². The summed E-state index contributed by atoms with van der Waals surface area (Å²) in [6.45, 7) is 5.46. The minimum atomic E-state index is -4.14. The lowest BCUT2D eigenvalue weighted by atomic mass is 10.1. The predicted octanol–water partition coefficient (Wildman–Crippen LogP) is 2.28.